The first-order chi connectivity index (χ1) is 12.2. The van der Waals surface area contributed by atoms with E-state index in [1.807, 2.05) is 48.5 Å². The van der Waals surface area contributed by atoms with Crippen molar-refractivity contribution in [3.05, 3.63) is 71.3 Å². The summed E-state index contributed by atoms with van der Waals surface area (Å²) in [5.74, 6) is -0.0758. The van der Waals surface area contributed by atoms with Gasteiger partial charge in [0.25, 0.3) is 5.91 Å². The average Bonchev–Trinajstić information content (AvgIpc) is 2.99. The smallest absolute Gasteiger partial charge is 0.253 e. The summed E-state index contributed by atoms with van der Waals surface area (Å²) in [5.41, 5.74) is 1.73. The zero-order chi connectivity index (χ0) is 17.3. The second-order valence-corrected chi connectivity index (χ2v) is 6.62. The van der Waals surface area contributed by atoms with Gasteiger partial charge in [-0.25, -0.2) is 0 Å². The van der Waals surface area contributed by atoms with Crippen molar-refractivity contribution in [1.29, 1.82) is 0 Å². The lowest BCUT2D eigenvalue weighted by molar-refractivity contribution is -0.131. The van der Waals surface area contributed by atoms with Crippen molar-refractivity contribution in [3.8, 4) is 0 Å². The van der Waals surface area contributed by atoms with Gasteiger partial charge in [-0.3, -0.25) is 9.59 Å². The third-order valence-corrected chi connectivity index (χ3v) is 4.89. The SMILES string of the molecule is O=C1NC2(CCN(C(=O)Cc3ccccc3)C2)OCc2ccccc21. The Labute approximate surface area is 146 Å². The standard InChI is InChI=1S/C20H20N2O3/c23-18(12-15-6-2-1-3-7-15)22-11-10-20(14-22)21-19(24)17-9-5-4-8-16(17)13-25-20/h1-9H,10-14H2,(H,21,24). The van der Waals surface area contributed by atoms with Crippen LogP contribution in [0.1, 0.15) is 27.9 Å². The predicted molar refractivity (Wildman–Crippen MR) is 92.8 cm³/mol. The van der Waals surface area contributed by atoms with E-state index >= 15 is 0 Å². The first kappa shape index (κ1) is 15.8. The van der Waals surface area contributed by atoms with E-state index in [0.29, 0.717) is 38.1 Å². The Morgan fingerprint density at radius 2 is 1.88 bits per heavy atom. The largest absolute Gasteiger partial charge is 0.349 e. The molecule has 1 saturated heterocycles. The van der Waals surface area contributed by atoms with Crippen molar-refractivity contribution < 1.29 is 14.3 Å². The van der Waals surface area contributed by atoms with Crippen LogP contribution >= 0.6 is 0 Å². The van der Waals surface area contributed by atoms with E-state index in [1.54, 1.807) is 11.0 Å². The van der Waals surface area contributed by atoms with Crippen molar-refractivity contribution in [1.82, 2.24) is 10.2 Å². The number of benzene rings is 2. The molecule has 25 heavy (non-hydrogen) atoms. The fourth-order valence-corrected chi connectivity index (χ4v) is 3.49. The highest BCUT2D eigenvalue weighted by atomic mass is 16.5. The van der Waals surface area contributed by atoms with Gasteiger partial charge in [0.2, 0.25) is 5.91 Å². The molecule has 0 radical (unpaired) electrons. The molecule has 2 amide bonds. The molecule has 0 aliphatic carbocycles. The highest BCUT2D eigenvalue weighted by molar-refractivity contribution is 5.96. The van der Waals surface area contributed by atoms with E-state index < -0.39 is 5.72 Å². The van der Waals surface area contributed by atoms with E-state index in [-0.39, 0.29) is 11.8 Å². The van der Waals surface area contributed by atoms with Crippen molar-refractivity contribution in [2.75, 3.05) is 13.1 Å². The van der Waals surface area contributed by atoms with Crippen LogP contribution < -0.4 is 5.32 Å². The second kappa shape index (κ2) is 6.33. The molecule has 2 heterocycles. The maximum absolute atomic E-state index is 12.6. The van der Waals surface area contributed by atoms with Crippen LogP contribution in [0.15, 0.2) is 54.6 Å². The van der Waals surface area contributed by atoms with Crippen molar-refractivity contribution in [2.24, 2.45) is 0 Å². The molecule has 1 unspecified atom stereocenters. The normalized spacial score (nSPS) is 22.4. The summed E-state index contributed by atoms with van der Waals surface area (Å²) in [6.07, 6.45) is 0.971. The van der Waals surface area contributed by atoms with Crippen LogP contribution in [0.3, 0.4) is 0 Å². The zero-order valence-electron chi connectivity index (χ0n) is 13.9. The molecule has 2 aliphatic rings. The van der Waals surface area contributed by atoms with Gasteiger partial charge in [0, 0.05) is 18.5 Å². The lowest BCUT2D eigenvalue weighted by atomic mass is 10.1. The van der Waals surface area contributed by atoms with Crippen LogP contribution in [0, 0.1) is 0 Å². The van der Waals surface area contributed by atoms with Crippen LogP contribution in [0.25, 0.3) is 0 Å². The van der Waals surface area contributed by atoms with Gasteiger partial charge in [0.1, 0.15) is 0 Å². The Hall–Kier alpha value is -2.66. The maximum Gasteiger partial charge on any atom is 0.253 e. The number of carbonyl (C=O) groups is 2. The molecule has 1 spiro atoms. The van der Waals surface area contributed by atoms with Gasteiger partial charge in [-0.2, -0.15) is 0 Å². The van der Waals surface area contributed by atoms with Crippen molar-refractivity contribution >= 4 is 11.8 Å². The van der Waals surface area contributed by atoms with Gasteiger partial charge in [0.15, 0.2) is 5.72 Å². The molecule has 1 N–H and O–H groups in total. The first-order valence-corrected chi connectivity index (χ1v) is 8.51. The van der Waals surface area contributed by atoms with Crippen LogP contribution in [0.5, 0.6) is 0 Å². The van der Waals surface area contributed by atoms with E-state index in [1.165, 1.54) is 0 Å². The van der Waals surface area contributed by atoms with Crippen LogP contribution in [-0.2, 0) is 22.6 Å². The number of ether oxygens (including phenoxy) is 1. The summed E-state index contributed by atoms with van der Waals surface area (Å²) in [6.45, 7) is 1.34. The maximum atomic E-state index is 12.6. The van der Waals surface area contributed by atoms with Crippen LogP contribution in [0.4, 0.5) is 0 Å². The molecular formula is C20H20N2O3. The third-order valence-electron chi connectivity index (χ3n) is 4.89. The Morgan fingerprint density at radius 3 is 2.72 bits per heavy atom. The number of nitrogens with one attached hydrogen (secondary N) is 1. The predicted octanol–water partition coefficient (Wildman–Crippen LogP) is 2.12. The van der Waals surface area contributed by atoms with Crippen LogP contribution in [0.2, 0.25) is 0 Å². The number of amides is 2. The van der Waals surface area contributed by atoms with Crippen molar-refractivity contribution in [3.63, 3.8) is 0 Å². The molecule has 2 aromatic carbocycles. The molecule has 0 aromatic heterocycles. The molecule has 0 bridgehead atoms. The molecule has 128 valence electrons. The minimum absolute atomic E-state index is 0.0580. The highest BCUT2D eigenvalue weighted by Gasteiger charge is 2.44. The molecule has 1 atom stereocenters. The monoisotopic (exact) mass is 336 g/mol. The number of rotatable bonds is 2. The summed E-state index contributed by atoms with van der Waals surface area (Å²) in [6, 6.07) is 17.2. The molecule has 2 aliphatic heterocycles. The number of likely N-dealkylation sites (tertiary alicyclic amines) is 1. The minimum Gasteiger partial charge on any atom is -0.349 e. The van der Waals surface area contributed by atoms with Gasteiger partial charge >= 0.3 is 0 Å². The fourth-order valence-electron chi connectivity index (χ4n) is 3.49. The number of hydrogen-bond donors (Lipinski definition) is 1. The van der Waals surface area contributed by atoms with Gasteiger partial charge in [-0.05, 0) is 17.2 Å². The number of nitrogens with zero attached hydrogens (tertiary/aromatic N) is 1. The third kappa shape index (κ3) is 3.15. The summed E-state index contributed by atoms with van der Waals surface area (Å²) in [4.78, 5) is 26.9. The number of fused-ring (bicyclic) bond motifs is 1. The molecule has 0 saturated carbocycles. The molecule has 5 nitrogen and oxygen atoms in total. The fraction of sp³-hybridized carbons (Fsp3) is 0.300. The summed E-state index contributed by atoms with van der Waals surface area (Å²) < 4.78 is 6.05. The van der Waals surface area contributed by atoms with E-state index in [2.05, 4.69) is 5.32 Å². The van der Waals surface area contributed by atoms with E-state index in [4.69, 9.17) is 4.74 Å². The Bertz CT molecular complexity index is 806. The zero-order valence-corrected chi connectivity index (χ0v) is 13.9. The summed E-state index contributed by atoms with van der Waals surface area (Å²) >= 11 is 0. The quantitative estimate of drug-likeness (QED) is 0.914. The lowest BCUT2D eigenvalue weighted by Crippen LogP contribution is -2.51. The van der Waals surface area contributed by atoms with Gasteiger partial charge in [-0.15, -0.1) is 0 Å². The minimum atomic E-state index is -0.789. The Morgan fingerprint density at radius 1 is 1.12 bits per heavy atom. The summed E-state index contributed by atoms with van der Waals surface area (Å²) in [7, 11) is 0. The Balaban J connectivity index is 1.47. The van der Waals surface area contributed by atoms with E-state index in [9.17, 15) is 9.59 Å². The number of carbonyl (C=O) groups excluding carboxylic acids is 2. The van der Waals surface area contributed by atoms with Gasteiger partial charge < -0.3 is 15.0 Å². The van der Waals surface area contributed by atoms with Crippen molar-refractivity contribution in [2.45, 2.75) is 25.2 Å². The average molecular weight is 336 g/mol. The molecule has 1 fully saturated rings. The first-order valence-electron chi connectivity index (χ1n) is 8.51. The van der Waals surface area contributed by atoms with E-state index in [0.717, 1.165) is 11.1 Å². The van der Waals surface area contributed by atoms with Gasteiger partial charge in [-0.1, -0.05) is 48.5 Å². The number of hydrogen-bond acceptors (Lipinski definition) is 3. The molecular weight excluding hydrogens is 316 g/mol. The van der Waals surface area contributed by atoms with Gasteiger partial charge in [0.05, 0.1) is 19.6 Å². The molecule has 2 aromatic rings. The molecule has 4 rings (SSSR count). The summed E-state index contributed by atoms with van der Waals surface area (Å²) in [5, 5.41) is 3.00. The molecule has 5 heteroatoms. The second-order valence-electron chi connectivity index (χ2n) is 6.62. The van der Waals surface area contributed by atoms with Crippen LogP contribution in [-0.4, -0.2) is 35.5 Å². The highest BCUT2D eigenvalue weighted by Crippen LogP contribution is 2.28. The Kier molecular flexibility index (Phi) is 4.01. The lowest BCUT2D eigenvalue weighted by Gasteiger charge is -2.28. The topological polar surface area (TPSA) is 58.6 Å².